The standard InChI is InChI=1S/C48H34.2ClH.Zr/c1-4-16-37-31(10-1)13-7-19-39(37)35-23-24-41-36(28-35)30-48-44(41)26-27-45(42-20-8-14-32-11-2-5-17-38(32)42)46(48)25-22-33-15-9-21-43-40-18-6-3-12-34(40)29-47(33)43;;;/h1-21,23-24,26-28H,22,25,29-30H2;2*1H;/q;;;+2/p-2. The van der Waals surface area contributed by atoms with Gasteiger partial charge in [0.2, 0.25) is 0 Å². The molecular formula is C48H34Cl2Zr. The van der Waals surface area contributed by atoms with E-state index in [0.717, 1.165) is 25.7 Å². The van der Waals surface area contributed by atoms with Crippen LogP contribution in [0.1, 0.15) is 33.4 Å². The Kier molecular flexibility index (Phi) is 9.93. The summed E-state index contributed by atoms with van der Waals surface area (Å²) in [6.07, 6.45) is 4.05. The average Bonchev–Trinajstić information content (AvgIpc) is 3.72. The summed E-state index contributed by atoms with van der Waals surface area (Å²) in [7, 11) is 0. The Balaban J connectivity index is 0.00000135. The van der Waals surface area contributed by atoms with Crippen LogP contribution in [0.3, 0.4) is 0 Å². The molecule has 0 heterocycles. The van der Waals surface area contributed by atoms with Gasteiger partial charge in [-0.05, 0) is 125 Å². The van der Waals surface area contributed by atoms with E-state index < -0.39 is 0 Å². The molecule has 10 rings (SSSR count). The topological polar surface area (TPSA) is 0 Å². The zero-order valence-corrected chi connectivity index (χ0v) is 32.1. The SMILES string of the molecule is [Cl-].[Cl-].[Zr+2].c1ccc2c(c1)Cc1c(CCc3c(-c4cccc5ccccc45)ccc4c3Cc3cc(-c5cccc6ccccc56)ccc3-4)cccc1-2. The molecule has 0 amide bonds. The summed E-state index contributed by atoms with van der Waals surface area (Å²) in [5.74, 6) is 0. The first kappa shape index (κ1) is 35.2. The van der Waals surface area contributed by atoms with Crippen LogP contribution in [0.25, 0.3) is 66.1 Å². The van der Waals surface area contributed by atoms with Crippen LogP contribution in [0.15, 0.2) is 158 Å². The van der Waals surface area contributed by atoms with E-state index in [1.807, 2.05) is 0 Å². The second-order valence-corrected chi connectivity index (χ2v) is 13.5. The minimum atomic E-state index is 0. The molecule has 0 N–H and O–H groups in total. The van der Waals surface area contributed by atoms with Gasteiger partial charge in [0.1, 0.15) is 0 Å². The summed E-state index contributed by atoms with van der Waals surface area (Å²) in [5.41, 5.74) is 19.8. The van der Waals surface area contributed by atoms with Gasteiger partial charge in [-0.1, -0.05) is 158 Å². The van der Waals surface area contributed by atoms with Crippen molar-refractivity contribution >= 4 is 21.5 Å². The van der Waals surface area contributed by atoms with Crippen molar-refractivity contribution in [3.8, 4) is 44.5 Å². The van der Waals surface area contributed by atoms with Crippen LogP contribution in [-0.2, 0) is 51.9 Å². The summed E-state index contributed by atoms with van der Waals surface area (Å²) in [5, 5.41) is 5.22. The quantitative estimate of drug-likeness (QED) is 0.194. The zero-order chi connectivity index (χ0) is 31.6. The Labute approximate surface area is 331 Å². The molecule has 0 radical (unpaired) electrons. The molecule has 2 aliphatic rings. The molecule has 0 aliphatic heterocycles. The molecular weight excluding hydrogens is 739 g/mol. The summed E-state index contributed by atoms with van der Waals surface area (Å²) in [6.45, 7) is 0. The van der Waals surface area contributed by atoms with E-state index in [9.17, 15) is 0 Å². The van der Waals surface area contributed by atoms with Crippen LogP contribution in [0.4, 0.5) is 0 Å². The average molecular weight is 773 g/mol. The van der Waals surface area contributed by atoms with E-state index in [2.05, 4.69) is 158 Å². The van der Waals surface area contributed by atoms with Crippen LogP contribution in [0.2, 0.25) is 0 Å². The van der Waals surface area contributed by atoms with Crippen molar-refractivity contribution in [2.75, 3.05) is 0 Å². The van der Waals surface area contributed by atoms with Gasteiger partial charge in [-0.15, -0.1) is 0 Å². The largest absolute Gasteiger partial charge is 2.00 e. The van der Waals surface area contributed by atoms with E-state index >= 15 is 0 Å². The van der Waals surface area contributed by atoms with Gasteiger partial charge in [0.05, 0.1) is 0 Å². The molecule has 0 saturated carbocycles. The third kappa shape index (κ3) is 5.91. The predicted octanol–water partition coefficient (Wildman–Crippen LogP) is 6.26. The number of fused-ring (bicyclic) bond motifs is 8. The van der Waals surface area contributed by atoms with Crippen molar-refractivity contribution in [3.63, 3.8) is 0 Å². The first-order valence-electron chi connectivity index (χ1n) is 17.2. The Bertz CT molecular complexity index is 2570. The van der Waals surface area contributed by atoms with Crippen LogP contribution < -0.4 is 24.8 Å². The van der Waals surface area contributed by atoms with Gasteiger partial charge in [-0.3, -0.25) is 0 Å². The number of hydrogen-bond acceptors (Lipinski definition) is 0. The van der Waals surface area contributed by atoms with Crippen LogP contribution in [0, 0.1) is 0 Å². The van der Waals surface area contributed by atoms with Gasteiger partial charge >= 0.3 is 26.2 Å². The maximum atomic E-state index is 2.46. The molecule has 0 nitrogen and oxygen atoms in total. The first-order valence-corrected chi connectivity index (χ1v) is 17.2. The number of aryl methyl sites for hydroxylation is 1. The second-order valence-electron chi connectivity index (χ2n) is 13.5. The van der Waals surface area contributed by atoms with Gasteiger partial charge in [0.25, 0.3) is 0 Å². The van der Waals surface area contributed by atoms with Crippen molar-refractivity contribution in [3.05, 3.63) is 191 Å². The molecule has 51 heavy (non-hydrogen) atoms. The van der Waals surface area contributed by atoms with Gasteiger partial charge < -0.3 is 24.8 Å². The summed E-state index contributed by atoms with van der Waals surface area (Å²) < 4.78 is 0. The third-order valence-corrected chi connectivity index (χ3v) is 11.0. The van der Waals surface area contributed by atoms with E-state index in [1.54, 1.807) is 0 Å². The van der Waals surface area contributed by atoms with Crippen molar-refractivity contribution in [1.29, 1.82) is 0 Å². The second kappa shape index (κ2) is 14.4. The van der Waals surface area contributed by atoms with Gasteiger partial charge in [0.15, 0.2) is 0 Å². The molecule has 8 aromatic rings. The van der Waals surface area contributed by atoms with Gasteiger partial charge in [0, 0.05) is 0 Å². The molecule has 0 bridgehead atoms. The summed E-state index contributed by atoms with van der Waals surface area (Å²) in [6, 6.07) is 58.9. The monoisotopic (exact) mass is 770 g/mol. The molecule has 8 aromatic carbocycles. The first-order chi connectivity index (χ1) is 23.8. The minimum absolute atomic E-state index is 0. The maximum absolute atomic E-state index is 2.46. The third-order valence-electron chi connectivity index (χ3n) is 11.0. The van der Waals surface area contributed by atoms with Crippen molar-refractivity contribution in [1.82, 2.24) is 0 Å². The molecule has 3 heteroatoms. The summed E-state index contributed by atoms with van der Waals surface area (Å²) in [4.78, 5) is 0. The maximum Gasteiger partial charge on any atom is 2.00 e. The number of hydrogen-bond donors (Lipinski definition) is 0. The van der Waals surface area contributed by atoms with Crippen LogP contribution in [0.5, 0.6) is 0 Å². The van der Waals surface area contributed by atoms with E-state index in [4.69, 9.17) is 0 Å². The molecule has 0 fully saturated rings. The van der Waals surface area contributed by atoms with E-state index in [-0.39, 0.29) is 51.0 Å². The molecule has 2 aliphatic carbocycles. The molecule has 0 unspecified atom stereocenters. The van der Waals surface area contributed by atoms with Crippen molar-refractivity contribution < 1.29 is 51.0 Å². The Morgan fingerprint density at radius 3 is 1.71 bits per heavy atom. The fraction of sp³-hybridized carbons (Fsp3) is 0.0833. The molecule has 244 valence electrons. The molecule has 0 aromatic heterocycles. The minimum Gasteiger partial charge on any atom is -1.00 e. The van der Waals surface area contributed by atoms with Gasteiger partial charge in [-0.25, -0.2) is 0 Å². The van der Waals surface area contributed by atoms with Gasteiger partial charge in [-0.2, -0.15) is 0 Å². The van der Waals surface area contributed by atoms with Crippen LogP contribution in [-0.4, -0.2) is 0 Å². The Morgan fingerprint density at radius 1 is 0.373 bits per heavy atom. The van der Waals surface area contributed by atoms with E-state index in [0.29, 0.717) is 0 Å². The zero-order valence-electron chi connectivity index (χ0n) is 28.1. The van der Waals surface area contributed by atoms with Crippen LogP contribution >= 0.6 is 0 Å². The molecule has 0 spiro atoms. The Hall–Kier alpha value is -4.26. The van der Waals surface area contributed by atoms with Crippen molar-refractivity contribution in [2.45, 2.75) is 25.7 Å². The fourth-order valence-corrected chi connectivity index (χ4v) is 8.70. The summed E-state index contributed by atoms with van der Waals surface area (Å²) >= 11 is 0. The molecule has 0 atom stereocenters. The number of halogens is 2. The number of rotatable bonds is 5. The number of benzene rings is 8. The molecule has 0 saturated heterocycles. The fourth-order valence-electron chi connectivity index (χ4n) is 8.70. The predicted molar refractivity (Wildman–Crippen MR) is 203 cm³/mol. The van der Waals surface area contributed by atoms with Crippen molar-refractivity contribution in [2.24, 2.45) is 0 Å². The Morgan fingerprint density at radius 2 is 0.902 bits per heavy atom. The normalized spacial score (nSPS) is 11.8. The van der Waals surface area contributed by atoms with E-state index in [1.165, 1.54) is 99.4 Å². The smallest absolute Gasteiger partial charge is 1.00 e.